The quantitative estimate of drug-likeness (QED) is 0.583. The lowest BCUT2D eigenvalue weighted by Gasteiger charge is -2.19. The van der Waals surface area contributed by atoms with Gasteiger partial charge >= 0.3 is 0 Å². The van der Waals surface area contributed by atoms with Gasteiger partial charge < -0.3 is 5.32 Å². The van der Waals surface area contributed by atoms with E-state index < -0.39 is 0 Å². The topological polar surface area (TPSA) is 12.0 Å². The summed E-state index contributed by atoms with van der Waals surface area (Å²) in [5.41, 5.74) is 1.74. The number of hydrogen-bond acceptors (Lipinski definition) is 2. The Bertz CT molecular complexity index is 330. The molecule has 0 aliphatic heterocycles. The molecular formula is C15H25NS. The van der Waals surface area contributed by atoms with Gasteiger partial charge in [0.1, 0.15) is 0 Å². The molecule has 0 spiro atoms. The van der Waals surface area contributed by atoms with Crippen LogP contribution in [0, 0.1) is 0 Å². The molecule has 0 aliphatic carbocycles. The second kappa shape index (κ2) is 6.97. The molecule has 1 aromatic heterocycles. The Morgan fingerprint density at radius 3 is 2.76 bits per heavy atom. The predicted octanol–water partition coefficient (Wildman–Crippen LogP) is 4.41. The maximum atomic E-state index is 3.50. The molecule has 96 valence electrons. The first kappa shape index (κ1) is 14.5. The van der Waals surface area contributed by atoms with E-state index in [-0.39, 0.29) is 5.54 Å². The van der Waals surface area contributed by atoms with Crippen LogP contribution >= 0.6 is 11.3 Å². The first-order valence-corrected chi connectivity index (χ1v) is 7.28. The van der Waals surface area contributed by atoms with Crippen LogP contribution in [0.1, 0.15) is 45.4 Å². The Kier molecular flexibility index (Phi) is 5.93. The first-order valence-electron chi connectivity index (χ1n) is 6.40. The standard InChI is InChI=1S/C15H25NS/c1-13(7-5-11-16-15(2,3)4)9-10-14-8-6-12-17-14/h6-8,12,16H,5,9-11H2,1-4H3. The molecule has 2 heteroatoms. The molecule has 1 nitrogen and oxygen atoms in total. The molecule has 0 aliphatic rings. The van der Waals surface area contributed by atoms with Crippen LogP contribution in [0.2, 0.25) is 0 Å². The molecular weight excluding hydrogens is 226 g/mol. The Labute approximate surface area is 110 Å². The summed E-state index contributed by atoms with van der Waals surface area (Å²) in [5.74, 6) is 0. The fourth-order valence-corrected chi connectivity index (χ4v) is 2.35. The number of allylic oxidation sites excluding steroid dienone is 1. The van der Waals surface area contributed by atoms with Crippen LogP contribution < -0.4 is 5.32 Å². The number of hydrogen-bond donors (Lipinski definition) is 1. The van der Waals surface area contributed by atoms with Crippen molar-refractivity contribution in [1.29, 1.82) is 0 Å². The molecule has 1 aromatic rings. The summed E-state index contributed by atoms with van der Waals surface area (Å²) >= 11 is 1.86. The van der Waals surface area contributed by atoms with Crippen LogP contribution in [-0.2, 0) is 6.42 Å². The Morgan fingerprint density at radius 2 is 2.18 bits per heavy atom. The Balaban J connectivity index is 2.17. The van der Waals surface area contributed by atoms with Gasteiger partial charge in [0, 0.05) is 10.4 Å². The van der Waals surface area contributed by atoms with E-state index in [0.29, 0.717) is 0 Å². The summed E-state index contributed by atoms with van der Waals surface area (Å²) < 4.78 is 0. The van der Waals surface area contributed by atoms with Gasteiger partial charge in [0.25, 0.3) is 0 Å². The highest BCUT2D eigenvalue weighted by Gasteiger charge is 2.06. The maximum absolute atomic E-state index is 3.50. The van der Waals surface area contributed by atoms with Crippen LogP contribution in [0.3, 0.4) is 0 Å². The molecule has 0 bridgehead atoms. The van der Waals surface area contributed by atoms with Crippen molar-refractivity contribution in [3.63, 3.8) is 0 Å². The highest BCUT2D eigenvalue weighted by molar-refractivity contribution is 7.09. The average molecular weight is 251 g/mol. The molecule has 0 amide bonds. The third-order valence-corrected chi connectivity index (χ3v) is 3.57. The molecule has 0 atom stereocenters. The van der Waals surface area contributed by atoms with Crippen LogP contribution in [-0.4, -0.2) is 12.1 Å². The molecule has 1 rings (SSSR count). The van der Waals surface area contributed by atoms with Gasteiger partial charge in [0.05, 0.1) is 0 Å². The lowest BCUT2D eigenvalue weighted by Crippen LogP contribution is -2.36. The Morgan fingerprint density at radius 1 is 1.41 bits per heavy atom. The van der Waals surface area contributed by atoms with Crippen molar-refractivity contribution in [2.75, 3.05) is 6.54 Å². The van der Waals surface area contributed by atoms with Crippen molar-refractivity contribution in [1.82, 2.24) is 5.32 Å². The minimum atomic E-state index is 0.235. The van der Waals surface area contributed by atoms with E-state index in [1.807, 2.05) is 11.3 Å². The Hall–Kier alpha value is -0.600. The third-order valence-electron chi connectivity index (χ3n) is 2.64. The van der Waals surface area contributed by atoms with E-state index in [2.05, 4.69) is 56.6 Å². The predicted molar refractivity (Wildman–Crippen MR) is 78.8 cm³/mol. The van der Waals surface area contributed by atoms with Crippen molar-refractivity contribution in [2.45, 2.75) is 52.5 Å². The molecule has 1 heterocycles. The molecule has 1 N–H and O–H groups in total. The van der Waals surface area contributed by atoms with E-state index >= 15 is 0 Å². The average Bonchev–Trinajstić information content (AvgIpc) is 2.73. The van der Waals surface area contributed by atoms with Crippen LogP contribution in [0.5, 0.6) is 0 Å². The SMILES string of the molecule is CC(=CCCNC(C)(C)C)CCc1cccs1. The van der Waals surface area contributed by atoms with Gasteiger partial charge in [-0.2, -0.15) is 0 Å². The summed E-state index contributed by atoms with van der Waals surface area (Å²) in [6.07, 6.45) is 5.88. The van der Waals surface area contributed by atoms with Crippen molar-refractivity contribution in [3.05, 3.63) is 34.0 Å². The molecule has 0 fully saturated rings. The van der Waals surface area contributed by atoms with E-state index in [1.165, 1.54) is 23.3 Å². The van der Waals surface area contributed by atoms with Crippen molar-refractivity contribution >= 4 is 11.3 Å². The van der Waals surface area contributed by atoms with Crippen LogP contribution in [0.25, 0.3) is 0 Å². The van der Waals surface area contributed by atoms with Crippen molar-refractivity contribution in [2.24, 2.45) is 0 Å². The lowest BCUT2D eigenvalue weighted by atomic mass is 10.1. The van der Waals surface area contributed by atoms with E-state index in [0.717, 1.165) is 13.0 Å². The van der Waals surface area contributed by atoms with Crippen molar-refractivity contribution < 1.29 is 0 Å². The summed E-state index contributed by atoms with van der Waals surface area (Å²) in [4.78, 5) is 1.49. The first-order chi connectivity index (χ1) is 7.97. The zero-order chi connectivity index (χ0) is 12.7. The van der Waals surface area contributed by atoms with Gasteiger partial charge in [-0.25, -0.2) is 0 Å². The van der Waals surface area contributed by atoms with Gasteiger partial charge in [-0.3, -0.25) is 0 Å². The highest BCUT2D eigenvalue weighted by atomic mass is 32.1. The van der Waals surface area contributed by atoms with Crippen LogP contribution in [0.15, 0.2) is 29.2 Å². The van der Waals surface area contributed by atoms with Gasteiger partial charge in [-0.1, -0.05) is 17.7 Å². The van der Waals surface area contributed by atoms with E-state index in [1.54, 1.807) is 0 Å². The van der Waals surface area contributed by atoms with Crippen LogP contribution in [0.4, 0.5) is 0 Å². The van der Waals surface area contributed by atoms with E-state index in [9.17, 15) is 0 Å². The minimum absolute atomic E-state index is 0.235. The normalized spacial score (nSPS) is 13.1. The fourth-order valence-electron chi connectivity index (χ4n) is 1.64. The largest absolute Gasteiger partial charge is 0.312 e. The zero-order valence-electron chi connectivity index (χ0n) is 11.5. The maximum Gasteiger partial charge on any atom is 0.00966 e. The number of thiophene rings is 1. The summed E-state index contributed by atoms with van der Waals surface area (Å²) in [7, 11) is 0. The van der Waals surface area contributed by atoms with Gasteiger partial charge in [-0.05, 0) is 64.9 Å². The molecule has 0 radical (unpaired) electrons. The van der Waals surface area contributed by atoms with E-state index in [4.69, 9.17) is 0 Å². The molecule has 0 saturated carbocycles. The summed E-state index contributed by atoms with van der Waals surface area (Å²) in [6.45, 7) is 9.94. The van der Waals surface area contributed by atoms with Crippen molar-refractivity contribution in [3.8, 4) is 0 Å². The monoisotopic (exact) mass is 251 g/mol. The second-order valence-corrected chi connectivity index (χ2v) is 6.63. The number of rotatable bonds is 6. The second-order valence-electron chi connectivity index (χ2n) is 5.60. The van der Waals surface area contributed by atoms with Gasteiger partial charge in [-0.15, -0.1) is 11.3 Å². The lowest BCUT2D eigenvalue weighted by molar-refractivity contribution is 0.431. The molecule has 17 heavy (non-hydrogen) atoms. The fraction of sp³-hybridized carbons (Fsp3) is 0.600. The zero-order valence-corrected chi connectivity index (χ0v) is 12.4. The minimum Gasteiger partial charge on any atom is -0.312 e. The smallest absolute Gasteiger partial charge is 0.00966 e. The summed E-state index contributed by atoms with van der Waals surface area (Å²) in [6, 6.07) is 4.35. The van der Waals surface area contributed by atoms with Gasteiger partial charge in [0.15, 0.2) is 0 Å². The molecule has 0 unspecified atom stereocenters. The van der Waals surface area contributed by atoms with Gasteiger partial charge in [0.2, 0.25) is 0 Å². The molecule has 0 saturated heterocycles. The number of nitrogens with one attached hydrogen (secondary N) is 1. The third kappa shape index (κ3) is 7.35. The summed E-state index contributed by atoms with van der Waals surface area (Å²) in [5, 5.41) is 5.66. The number of aryl methyl sites for hydroxylation is 1. The molecule has 0 aromatic carbocycles. The highest BCUT2D eigenvalue weighted by Crippen LogP contribution is 2.14.